The van der Waals surface area contributed by atoms with Crippen LogP contribution >= 0.6 is 0 Å². The van der Waals surface area contributed by atoms with Gasteiger partial charge in [0.2, 0.25) is 5.91 Å². The summed E-state index contributed by atoms with van der Waals surface area (Å²) in [7, 11) is 0. The van der Waals surface area contributed by atoms with Crippen molar-refractivity contribution < 1.29 is 9.90 Å². The number of aliphatic hydroxyl groups is 1. The molecule has 0 saturated heterocycles. The summed E-state index contributed by atoms with van der Waals surface area (Å²) in [6.07, 6.45) is -0.0285. The van der Waals surface area contributed by atoms with E-state index >= 15 is 0 Å². The van der Waals surface area contributed by atoms with Gasteiger partial charge in [-0.25, -0.2) is 5.43 Å². The van der Waals surface area contributed by atoms with E-state index in [-0.39, 0.29) is 5.91 Å². The third-order valence-corrected chi connectivity index (χ3v) is 1.11. The van der Waals surface area contributed by atoms with Gasteiger partial charge in [0, 0.05) is 6.92 Å². The van der Waals surface area contributed by atoms with E-state index in [0.29, 0.717) is 12.3 Å². The van der Waals surface area contributed by atoms with Crippen LogP contribution in [0.3, 0.4) is 0 Å². The van der Waals surface area contributed by atoms with Crippen molar-refractivity contribution in [2.24, 2.45) is 5.92 Å². The van der Waals surface area contributed by atoms with Crippen LogP contribution in [0.2, 0.25) is 0 Å². The van der Waals surface area contributed by atoms with E-state index in [9.17, 15) is 4.79 Å². The third-order valence-electron chi connectivity index (χ3n) is 1.11. The Morgan fingerprint density at radius 3 is 2.45 bits per heavy atom. The van der Waals surface area contributed by atoms with Crippen LogP contribution in [-0.2, 0) is 4.79 Å². The molecule has 0 rings (SSSR count). The van der Waals surface area contributed by atoms with Crippen LogP contribution in [0.5, 0.6) is 0 Å². The van der Waals surface area contributed by atoms with Gasteiger partial charge >= 0.3 is 0 Å². The molecule has 0 aromatic rings. The molecule has 1 amide bonds. The largest absolute Gasteiger partial charge is 0.377 e. The number of rotatable bonds is 4. The average molecular weight is 160 g/mol. The first-order valence-corrected chi connectivity index (χ1v) is 3.72. The third kappa shape index (κ3) is 7.29. The minimum Gasteiger partial charge on any atom is -0.377 e. The van der Waals surface area contributed by atoms with Crippen molar-refractivity contribution in [3.05, 3.63) is 0 Å². The maximum absolute atomic E-state index is 10.3. The molecule has 0 fully saturated rings. The standard InChI is InChI=1S/C7H16N2O2/c1-5(2)4-7(11)9-8-6(3)10/h5,7,9,11H,4H2,1-3H3,(H,8,10). The van der Waals surface area contributed by atoms with Crippen LogP contribution in [0.15, 0.2) is 0 Å². The Labute approximate surface area is 67.0 Å². The summed E-state index contributed by atoms with van der Waals surface area (Å²) in [5, 5.41) is 9.14. The minimum atomic E-state index is -0.654. The molecule has 4 heteroatoms. The van der Waals surface area contributed by atoms with E-state index in [2.05, 4.69) is 10.9 Å². The van der Waals surface area contributed by atoms with Crippen LogP contribution in [0.4, 0.5) is 0 Å². The van der Waals surface area contributed by atoms with Crippen molar-refractivity contribution >= 4 is 5.91 Å². The van der Waals surface area contributed by atoms with E-state index in [0.717, 1.165) is 0 Å². The van der Waals surface area contributed by atoms with Crippen molar-refractivity contribution in [2.45, 2.75) is 33.4 Å². The molecule has 0 aliphatic heterocycles. The molecule has 1 unspecified atom stereocenters. The molecule has 1 atom stereocenters. The van der Waals surface area contributed by atoms with Gasteiger partial charge in [0.15, 0.2) is 0 Å². The number of hydrogen-bond donors (Lipinski definition) is 3. The van der Waals surface area contributed by atoms with Crippen molar-refractivity contribution in [3.63, 3.8) is 0 Å². The predicted molar refractivity (Wildman–Crippen MR) is 42.4 cm³/mol. The van der Waals surface area contributed by atoms with Crippen molar-refractivity contribution in [1.82, 2.24) is 10.9 Å². The first-order chi connectivity index (χ1) is 5.02. The SMILES string of the molecule is CC(=O)NNC(O)CC(C)C. The van der Waals surface area contributed by atoms with E-state index in [4.69, 9.17) is 5.11 Å². The predicted octanol–water partition coefficient (Wildman–Crippen LogP) is -0.00840. The van der Waals surface area contributed by atoms with E-state index in [1.165, 1.54) is 6.92 Å². The fraction of sp³-hybridized carbons (Fsp3) is 0.857. The first-order valence-electron chi connectivity index (χ1n) is 3.72. The molecule has 66 valence electrons. The van der Waals surface area contributed by atoms with Crippen molar-refractivity contribution in [3.8, 4) is 0 Å². The van der Waals surface area contributed by atoms with Gasteiger partial charge in [0.25, 0.3) is 0 Å². The molecule has 0 spiro atoms. The summed E-state index contributed by atoms with van der Waals surface area (Å²) < 4.78 is 0. The number of hydrazine groups is 1. The zero-order valence-corrected chi connectivity index (χ0v) is 7.22. The molecule has 0 aromatic heterocycles. The van der Waals surface area contributed by atoms with Crippen LogP contribution in [0, 0.1) is 5.92 Å². The molecule has 0 bridgehead atoms. The Hall–Kier alpha value is -0.610. The van der Waals surface area contributed by atoms with Gasteiger partial charge in [0.05, 0.1) is 0 Å². The van der Waals surface area contributed by atoms with Crippen LogP contribution < -0.4 is 10.9 Å². The molecular formula is C7H16N2O2. The first kappa shape index (κ1) is 10.4. The lowest BCUT2D eigenvalue weighted by Crippen LogP contribution is -2.43. The van der Waals surface area contributed by atoms with Gasteiger partial charge in [-0.05, 0) is 12.3 Å². The van der Waals surface area contributed by atoms with Crippen molar-refractivity contribution in [2.75, 3.05) is 0 Å². The van der Waals surface area contributed by atoms with Crippen LogP contribution in [0.1, 0.15) is 27.2 Å². The number of carbonyl (C=O) groups excluding carboxylic acids is 1. The summed E-state index contributed by atoms with van der Waals surface area (Å²) in [5.41, 5.74) is 4.78. The number of carbonyl (C=O) groups is 1. The summed E-state index contributed by atoms with van der Waals surface area (Å²) in [5.74, 6) is 0.207. The maximum atomic E-state index is 10.3. The monoisotopic (exact) mass is 160 g/mol. The highest BCUT2D eigenvalue weighted by Crippen LogP contribution is 2.00. The molecular weight excluding hydrogens is 144 g/mol. The van der Waals surface area contributed by atoms with Gasteiger partial charge < -0.3 is 5.11 Å². The molecule has 3 N–H and O–H groups in total. The minimum absolute atomic E-state index is 0.201. The molecule has 0 aliphatic rings. The smallest absolute Gasteiger partial charge is 0.231 e. The number of aliphatic hydroxyl groups excluding tert-OH is 1. The summed E-state index contributed by atoms with van der Waals surface area (Å²) in [6, 6.07) is 0. The fourth-order valence-electron chi connectivity index (χ4n) is 0.690. The second kappa shape index (κ2) is 5.09. The molecule has 0 saturated carbocycles. The molecule has 0 aliphatic carbocycles. The topological polar surface area (TPSA) is 61.4 Å². The van der Waals surface area contributed by atoms with Gasteiger partial charge in [-0.1, -0.05) is 13.8 Å². The molecule has 11 heavy (non-hydrogen) atoms. The second-order valence-electron chi connectivity index (χ2n) is 2.97. The number of hydrogen-bond acceptors (Lipinski definition) is 3. The van der Waals surface area contributed by atoms with E-state index in [1.807, 2.05) is 13.8 Å². The molecule has 0 heterocycles. The lowest BCUT2D eigenvalue weighted by Gasteiger charge is -2.14. The maximum Gasteiger partial charge on any atom is 0.231 e. The Morgan fingerprint density at radius 2 is 2.09 bits per heavy atom. The van der Waals surface area contributed by atoms with Crippen LogP contribution in [0.25, 0.3) is 0 Å². The molecule has 4 nitrogen and oxygen atoms in total. The number of amides is 1. The zero-order chi connectivity index (χ0) is 8.85. The Kier molecular flexibility index (Phi) is 4.81. The van der Waals surface area contributed by atoms with Gasteiger partial charge in [-0.15, -0.1) is 0 Å². The molecule has 0 aromatic carbocycles. The van der Waals surface area contributed by atoms with Gasteiger partial charge in [0.1, 0.15) is 6.23 Å². The number of nitrogens with one attached hydrogen (secondary N) is 2. The summed E-state index contributed by atoms with van der Waals surface area (Å²) >= 11 is 0. The zero-order valence-electron chi connectivity index (χ0n) is 7.22. The summed E-state index contributed by atoms with van der Waals surface area (Å²) in [4.78, 5) is 10.3. The highest BCUT2D eigenvalue weighted by molar-refractivity contribution is 5.72. The normalized spacial score (nSPS) is 13.2. The Morgan fingerprint density at radius 1 is 1.55 bits per heavy atom. The second-order valence-corrected chi connectivity index (χ2v) is 2.97. The van der Waals surface area contributed by atoms with Crippen LogP contribution in [-0.4, -0.2) is 17.2 Å². The lowest BCUT2D eigenvalue weighted by molar-refractivity contribution is -0.121. The Balaban J connectivity index is 3.37. The Bertz CT molecular complexity index is 126. The summed E-state index contributed by atoms with van der Waals surface area (Å²) in [6.45, 7) is 5.38. The quantitative estimate of drug-likeness (QED) is 0.400. The fourth-order valence-corrected chi connectivity index (χ4v) is 0.690. The van der Waals surface area contributed by atoms with Crippen molar-refractivity contribution in [1.29, 1.82) is 0 Å². The average Bonchev–Trinajstić information content (AvgIpc) is 1.82. The molecule has 0 radical (unpaired) electrons. The van der Waals surface area contributed by atoms with Gasteiger partial charge in [-0.2, -0.15) is 0 Å². The van der Waals surface area contributed by atoms with Gasteiger partial charge in [-0.3, -0.25) is 10.2 Å². The highest BCUT2D eigenvalue weighted by Gasteiger charge is 2.05. The lowest BCUT2D eigenvalue weighted by atomic mass is 10.1. The highest BCUT2D eigenvalue weighted by atomic mass is 16.3. The van der Waals surface area contributed by atoms with E-state index in [1.54, 1.807) is 0 Å². The van der Waals surface area contributed by atoms with E-state index < -0.39 is 6.23 Å².